The van der Waals surface area contributed by atoms with Crippen molar-refractivity contribution in [3.63, 3.8) is 0 Å². The quantitative estimate of drug-likeness (QED) is 0.836. The number of hydrogen-bond donors (Lipinski definition) is 1. The first-order valence-corrected chi connectivity index (χ1v) is 8.79. The minimum absolute atomic E-state index is 0.0184. The summed E-state index contributed by atoms with van der Waals surface area (Å²) in [4.78, 5) is 11.3. The molecule has 0 heterocycles. The van der Waals surface area contributed by atoms with Crippen molar-refractivity contribution in [2.45, 2.75) is 36.8 Å². The lowest BCUT2D eigenvalue weighted by atomic mass is 9.89. The van der Waals surface area contributed by atoms with Gasteiger partial charge in [-0.3, -0.25) is 4.79 Å². The van der Waals surface area contributed by atoms with Crippen LogP contribution in [0.3, 0.4) is 0 Å². The van der Waals surface area contributed by atoms with Crippen molar-refractivity contribution < 1.29 is 22.3 Å². The fraction of sp³-hybridized carbons (Fsp3) is 0.462. The summed E-state index contributed by atoms with van der Waals surface area (Å²) in [6, 6.07) is 3.05. The van der Waals surface area contributed by atoms with Crippen LogP contribution in [0.5, 0.6) is 0 Å². The molecule has 0 aromatic heterocycles. The van der Waals surface area contributed by atoms with Crippen LogP contribution >= 0.6 is 10.7 Å². The fourth-order valence-electron chi connectivity index (χ4n) is 2.16. The van der Waals surface area contributed by atoms with Gasteiger partial charge in [-0.25, -0.2) is 12.8 Å². The lowest BCUT2D eigenvalue weighted by molar-refractivity contribution is -0.00862. The van der Waals surface area contributed by atoms with Crippen LogP contribution in [0.15, 0.2) is 23.1 Å². The molecule has 0 bridgehead atoms. The third-order valence-electron chi connectivity index (χ3n) is 3.29. The normalized spacial score (nSPS) is 21.7. The number of amides is 1. The Labute approximate surface area is 126 Å². The standard InChI is InChI=1S/C13H15ClFNO4S/c1-2-20-10-6-9(7-10)16-13(17)8-3-4-11(15)12(5-8)21(14,18)19/h3-5,9-10H,2,6-7H2,1H3,(H,16,17). The highest BCUT2D eigenvalue weighted by Gasteiger charge is 2.31. The van der Waals surface area contributed by atoms with Crippen LogP contribution in [0.1, 0.15) is 30.1 Å². The molecule has 0 radical (unpaired) electrons. The highest BCUT2D eigenvalue weighted by Crippen LogP contribution is 2.24. The van der Waals surface area contributed by atoms with E-state index >= 15 is 0 Å². The minimum Gasteiger partial charge on any atom is -0.378 e. The second kappa shape index (κ2) is 6.29. The number of nitrogens with one attached hydrogen (secondary N) is 1. The molecular weight excluding hydrogens is 321 g/mol. The first kappa shape index (κ1) is 16.2. The van der Waals surface area contributed by atoms with E-state index in [-0.39, 0.29) is 17.7 Å². The van der Waals surface area contributed by atoms with Crippen molar-refractivity contribution in [3.8, 4) is 0 Å². The summed E-state index contributed by atoms with van der Waals surface area (Å²) in [7, 11) is 0.894. The minimum atomic E-state index is -4.23. The predicted octanol–water partition coefficient (Wildman–Crippen LogP) is 2.05. The zero-order valence-electron chi connectivity index (χ0n) is 11.3. The van der Waals surface area contributed by atoms with Crippen LogP contribution in [0.4, 0.5) is 4.39 Å². The summed E-state index contributed by atoms with van der Waals surface area (Å²) in [5, 5.41) is 2.74. The number of carbonyl (C=O) groups excluding carboxylic acids is 1. The molecule has 1 N–H and O–H groups in total. The molecule has 1 fully saturated rings. The van der Waals surface area contributed by atoms with E-state index in [9.17, 15) is 17.6 Å². The molecule has 21 heavy (non-hydrogen) atoms. The Hall–Kier alpha value is -1.18. The van der Waals surface area contributed by atoms with Gasteiger partial charge >= 0.3 is 0 Å². The van der Waals surface area contributed by atoms with Gasteiger partial charge in [-0.2, -0.15) is 0 Å². The third-order valence-corrected chi connectivity index (χ3v) is 4.63. The molecule has 0 atom stereocenters. The van der Waals surface area contributed by atoms with Crippen LogP contribution in [0, 0.1) is 5.82 Å². The molecule has 2 rings (SSSR count). The van der Waals surface area contributed by atoms with E-state index in [0.717, 1.165) is 12.1 Å². The SMILES string of the molecule is CCOC1CC(NC(=O)c2ccc(F)c(S(=O)(=O)Cl)c2)C1. The van der Waals surface area contributed by atoms with Gasteiger partial charge in [0.15, 0.2) is 0 Å². The molecule has 1 amide bonds. The highest BCUT2D eigenvalue weighted by atomic mass is 35.7. The maximum atomic E-state index is 13.4. The van der Waals surface area contributed by atoms with Crippen molar-refractivity contribution in [1.82, 2.24) is 5.32 Å². The Morgan fingerprint density at radius 1 is 1.48 bits per heavy atom. The van der Waals surface area contributed by atoms with Crippen molar-refractivity contribution >= 4 is 25.6 Å². The summed E-state index contributed by atoms with van der Waals surface area (Å²) in [6.45, 7) is 2.53. The van der Waals surface area contributed by atoms with E-state index in [0.29, 0.717) is 19.4 Å². The molecule has 0 spiro atoms. The molecule has 1 aliphatic carbocycles. The summed E-state index contributed by atoms with van der Waals surface area (Å²) in [5.41, 5.74) is 0.0514. The maximum absolute atomic E-state index is 13.4. The topological polar surface area (TPSA) is 72.5 Å². The van der Waals surface area contributed by atoms with Gasteiger partial charge in [-0.15, -0.1) is 0 Å². The van der Waals surface area contributed by atoms with E-state index in [1.54, 1.807) is 0 Å². The number of ether oxygens (including phenoxy) is 1. The summed E-state index contributed by atoms with van der Waals surface area (Å²) >= 11 is 0. The average molecular weight is 336 g/mol. The molecule has 1 aliphatic rings. The number of benzene rings is 1. The number of rotatable bonds is 5. The van der Waals surface area contributed by atoms with Crippen molar-refractivity contribution in [1.29, 1.82) is 0 Å². The third kappa shape index (κ3) is 3.93. The number of carbonyl (C=O) groups is 1. The zero-order valence-corrected chi connectivity index (χ0v) is 12.9. The monoisotopic (exact) mass is 335 g/mol. The fourth-order valence-corrected chi connectivity index (χ4v) is 3.08. The van der Waals surface area contributed by atoms with E-state index < -0.39 is 25.7 Å². The summed E-state index contributed by atoms with van der Waals surface area (Å²) in [6.07, 6.45) is 1.57. The van der Waals surface area contributed by atoms with Gasteiger partial charge in [0.2, 0.25) is 0 Å². The van der Waals surface area contributed by atoms with E-state index in [2.05, 4.69) is 5.32 Å². The molecule has 116 valence electrons. The lowest BCUT2D eigenvalue weighted by Gasteiger charge is -2.35. The van der Waals surface area contributed by atoms with Gasteiger partial charge in [0.05, 0.1) is 6.10 Å². The van der Waals surface area contributed by atoms with Gasteiger partial charge in [0.1, 0.15) is 10.7 Å². The van der Waals surface area contributed by atoms with Crippen LogP contribution in [-0.4, -0.2) is 33.1 Å². The van der Waals surface area contributed by atoms with Crippen LogP contribution < -0.4 is 5.32 Å². The van der Waals surface area contributed by atoms with Crippen LogP contribution in [0.25, 0.3) is 0 Å². The largest absolute Gasteiger partial charge is 0.378 e. The molecule has 5 nitrogen and oxygen atoms in total. The molecule has 0 saturated heterocycles. The Balaban J connectivity index is 2.04. The number of halogens is 2. The van der Waals surface area contributed by atoms with Gasteiger partial charge in [-0.1, -0.05) is 0 Å². The van der Waals surface area contributed by atoms with Crippen molar-refractivity contribution in [2.24, 2.45) is 0 Å². The van der Waals surface area contributed by atoms with E-state index in [1.807, 2.05) is 6.92 Å². The second-order valence-corrected chi connectivity index (χ2v) is 7.34. The molecule has 1 aromatic carbocycles. The molecule has 1 aromatic rings. The van der Waals surface area contributed by atoms with Crippen molar-refractivity contribution in [2.75, 3.05) is 6.61 Å². The molecular formula is C13H15ClFNO4S. The Morgan fingerprint density at radius 3 is 2.71 bits per heavy atom. The van der Waals surface area contributed by atoms with Gasteiger partial charge in [-0.05, 0) is 38.0 Å². The van der Waals surface area contributed by atoms with Crippen LogP contribution in [0.2, 0.25) is 0 Å². The molecule has 0 aliphatic heterocycles. The molecule has 8 heteroatoms. The van der Waals surface area contributed by atoms with Crippen LogP contribution in [-0.2, 0) is 13.8 Å². The van der Waals surface area contributed by atoms with Gasteiger partial charge < -0.3 is 10.1 Å². The van der Waals surface area contributed by atoms with E-state index in [1.165, 1.54) is 6.07 Å². The average Bonchev–Trinajstić information content (AvgIpc) is 2.35. The lowest BCUT2D eigenvalue weighted by Crippen LogP contribution is -2.47. The summed E-state index contributed by atoms with van der Waals surface area (Å²) in [5.74, 6) is -1.45. The smallest absolute Gasteiger partial charge is 0.264 e. The van der Waals surface area contributed by atoms with E-state index in [4.69, 9.17) is 15.4 Å². The molecule has 1 saturated carbocycles. The Kier molecular flexibility index (Phi) is 4.85. The Morgan fingerprint density at radius 2 is 2.14 bits per heavy atom. The first-order chi connectivity index (χ1) is 9.81. The zero-order chi connectivity index (χ0) is 15.6. The number of hydrogen-bond acceptors (Lipinski definition) is 4. The van der Waals surface area contributed by atoms with Gasteiger partial charge in [0.25, 0.3) is 15.0 Å². The Bertz CT molecular complexity index is 644. The maximum Gasteiger partial charge on any atom is 0.264 e. The first-order valence-electron chi connectivity index (χ1n) is 6.48. The molecule has 0 unspecified atom stereocenters. The summed E-state index contributed by atoms with van der Waals surface area (Å²) < 4.78 is 41.2. The predicted molar refractivity (Wildman–Crippen MR) is 75.3 cm³/mol. The second-order valence-electron chi connectivity index (χ2n) is 4.80. The van der Waals surface area contributed by atoms with Crippen molar-refractivity contribution in [3.05, 3.63) is 29.6 Å². The van der Waals surface area contributed by atoms with Gasteiger partial charge in [0, 0.05) is 28.9 Å². The highest BCUT2D eigenvalue weighted by molar-refractivity contribution is 8.13.